The van der Waals surface area contributed by atoms with Gasteiger partial charge in [-0.1, -0.05) is 56.1 Å². The molecule has 0 aliphatic heterocycles. The van der Waals surface area contributed by atoms with E-state index in [1.54, 1.807) is 0 Å². The van der Waals surface area contributed by atoms with Gasteiger partial charge in [0.1, 0.15) is 0 Å². The van der Waals surface area contributed by atoms with Gasteiger partial charge in [0.2, 0.25) is 0 Å². The zero-order chi connectivity index (χ0) is 16.8. The second-order valence-corrected chi connectivity index (χ2v) is 6.97. The van der Waals surface area contributed by atoms with Crippen molar-refractivity contribution in [3.63, 3.8) is 0 Å². The van der Waals surface area contributed by atoms with Gasteiger partial charge in [-0.2, -0.15) is 0 Å². The van der Waals surface area contributed by atoms with E-state index in [9.17, 15) is 0 Å². The fourth-order valence-corrected chi connectivity index (χ4v) is 2.93. The van der Waals surface area contributed by atoms with Crippen LogP contribution < -0.4 is 0 Å². The van der Waals surface area contributed by atoms with Crippen molar-refractivity contribution >= 4 is 55.7 Å². The first-order valence-electron chi connectivity index (χ1n) is 7.38. The van der Waals surface area contributed by atoms with Gasteiger partial charge in [-0.05, 0) is 59.7 Å². The van der Waals surface area contributed by atoms with Gasteiger partial charge in [0, 0.05) is 21.4 Å². The van der Waals surface area contributed by atoms with E-state index in [2.05, 4.69) is 41.8 Å². The normalized spacial score (nSPS) is 11.4. The molecule has 0 atom stereocenters. The lowest BCUT2D eigenvalue weighted by molar-refractivity contribution is 1.48. The van der Waals surface area contributed by atoms with Gasteiger partial charge >= 0.3 is 0 Å². The zero-order valence-corrected chi connectivity index (χ0v) is 15.9. The molecular weight excluding hydrogens is 428 g/mol. The highest BCUT2D eigenvalue weighted by Crippen LogP contribution is 2.19. The second kappa shape index (κ2) is 8.18. The van der Waals surface area contributed by atoms with Crippen molar-refractivity contribution in [3.05, 3.63) is 92.9 Å². The SMILES string of the molecule is Brc1cccc(C=Nc2ccc(N=Cc3cccc(Br)c3)cc2)c1. The summed E-state index contributed by atoms with van der Waals surface area (Å²) in [5, 5.41) is 0. The van der Waals surface area contributed by atoms with E-state index in [1.807, 2.05) is 85.2 Å². The second-order valence-electron chi connectivity index (χ2n) is 5.14. The standard InChI is InChI=1S/C20H14Br2N2/c21-17-5-1-3-15(11-17)13-23-19-7-9-20(10-8-19)24-14-16-4-2-6-18(22)12-16/h1-14H. The summed E-state index contributed by atoms with van der Waals surface area (Å²) in [4.78, 5) is 8.97. The Labute approximate surface area is 158 Å². The van der Waals surface area contributed by atoms with Crippen LogP contribution in [-0.2, 0) is 0 Å². The highest BCUT2D eigenvalue weighted by molar-refractivity contribution is 9.10. The molecule has 0 aliphatic carbocycles. The molecule has 0 unspecified atom stereocenters. The van der Waals surface area contributed by atoms with Gasteiger partial charge in [0.15, 0.2) is 0 Å². The lowest BCUT2D eigenvalue weighted by Gasteiger charge is -1.98. The molecular formula is C20H14Br2N2. The summed E-state index contributed by atoms with van der Waals surface area (Å²) in [6.45, 7) is 0. The summed E-state index contributed by atoms with van der Waals surface area (Å²) in [5.41, 5.74) is 3.91. The molecule has 4 heteroatoms. The molecule has 0 aliphatic rings. The van der Waals surface area contributed by atoms with Gasteiger partial charge in [-0.3, -0.25) is 9.98 Å². The van der Waals surface area contributed by atoms with Crippen LogP contribution in [-0.4, -0.2) is 12.4 Å². The minimum absolute atomic E-state index is 0.899. The zero-order valence-electron chi connectivity index (χ0n) is 12.7. The number of hydrogen-bond donors (Lipinski definition) is 0. The topological polar surface area (TPSA) is 24.7 Å². The van der Waals surface area contributed by atoms with Crippen LogP contribution in [0.1, 0.15) is 11.1 Å². The first-order valence-corrected chi connectivity index (χ1v) is 8.97. The van der Waals surface area contributed by atoms with E-state index < -0.39 is 0 Å². The van der Waals surface area contributed by atoms with E-state index >= 15 is 0 Å². The maximum Gasteiger partial charge on any atom is 0.0631 e. The molecule has 0 fully saturated rings. The van der Waals surface area contributed by atoms with E-state index in [0.29, 0.717) is 0 Å². The van der Waals surface area contributed by atoms with Gasteiger partial charge in [-0.15, -0.1) is 0 Å². The first-order chi connectivity index (χ1) is 11.7. The number of benzene rings is 3. The lowest BCUT2D eigenvalue weighted by atomic mass is 10.2. The van der Waals surface area contributed by atoms with E-state index in [1.165, 1.54) is 0 Å². The summed E-state index contributed by atoms with van der Waals surface area (Å²) >= 11 is 6.92. The van der Waals surface area contributed by atoms with Crippen molar-refractivity contribution < 1.29 is 0 Å². The Hall–Kier alpha value is -2.04. The molecule has 0 saturated carbocycles. The lowest BCUT2D eigenvalue weighted by Crippen LogP contribution is -1.80. The Balaban J connectivity index is 1.69. The molecule has 118 valence electrons. The Morgan fingerprint density at radius 3 is 1.38 bits per heavy atom. The Kier molecular flexibility index (Phi) is 5.72. The van der Waals surface area contributed by atoms with Gasteiger partial charge in [-0.25, -0.2) is 0 Å². The molecule has 0 radical (unpaired) electrons. The van der Waals surface area contributed by atoms with Crippen molar-refractivity contribution in [2.45, 2.75) is 0 Å². The largest absolute Gasteiger partial charge is 0.256 e. The predicted molar refractivity (Wildman–Crippen MR) is 109 cm³/mol. The number of hydrogen-bond acceptors (Lipinski definition) is 2. The van der Waals surface area contributed by atoms with Crippen molar-refractivity contribution in [2.75, 3.05) is 0 Å². The van der Waals surface area contributed by atoms with Crippen molar-refractivity contribution in [3.8, 4) is 0 Å². The molecule has 2 nitrogen and oxygen atoms in total. The third-order valence-electron chi connectivity index (χ3n) is 3.27. The number of aliphatic imine (C=N–C) groups is 2. The Morgan fingerprint density at radius 1 is 0.583 bits per heavy atom. The summed E-state index contributed by atoms with van der Waals surface area (Å²) in [5.74, 6) is 0. The fraction of sp³-hybridized carbons (Fsp3) is 0. The van der Waals surface area contributed by atoms with Gasteiger partial charge in [0.05, 0.1) is 11.4 Å². The van der Waals surface area contributed by atoms with Crippen molar-refractivity contribution in [1.29, 1.82) is 0 Å². The van der Waals surface area contributed by atoms with Crippen LogP contribution in [0.25, 0.3) is 0 Å². The molecule has 3 aromatic rings. The molecule has 0 N–H and O–H groups in total. The van der Waals surface area contributed by atoms with Crippen LogP contribution in [0.2, 0.25) is 0 Å². The summed E-state index contributed by atoms with van der Waals surface area (Å²) in [6, 6.07) is 23.9. The Morgan fingerprint density at radius 2 is 1.00 bits per heavy atom. The third-order valence-corrected chi connectivity index (χ3v) is 4.26. The summed E-state index contributed by atoms with van der Waals surface area (Å²) in [6.07, 6.45) is 3.70. The van der Waals surface area contributed by atoms with Crippen LogP contribution in [0, 0.1) is 0 Å². The molecule has 0 amide bonds. The van der Waals surface area contributed by atoms with Crippen LogP contribution in [0.5, 0.6) is 0 Å². The molecule has 3 aromatic carbocycles. The monoisotopic (exact) mass is 440 g/mol. The van der Waals surface area contributed by atoms with Gasteiger partial charge < -0.3 is 0 Å². The smallest absolute Gasteiger partial charge is 0.0631 e. The highest BCUT2D eigenvalue weighted by atomic mass is 79.9. The number of halogens is 2. The van der Waals surface area contributed by atoms with E-state index in [4.69, 9.17) is 0 Å². The van der Waals surface area contributed by atoms with Crippen molar-refractivity contribution in [1.82, 2.24) is 0 Å². The van der Waals surface area contributed by atoms with Crippen LogP contribution >= 0.6 is 31.9 Å². The van der Waals surface area contributed by atoms with Crippen LogP contribution in [0.4, 0.5) is 11.4 Å². The molecule has 24 heavy (non-hydrogen) atoms. The molecule has 0 aromatic heterocycles. The van der Waals surface area contributed by atoms with Crippen molar-refractivity contribution in [2.24, 2.45) is 9.98 Å². The minimum Gasteiger partial charge on any atom is -0.256 e. The predicted octanol–water partition coefficient (Wildman–Crippen LogP) is 6.71. The average Bonchev–Trinajstić information content (AvgIpc) is 2.59. The molecule has 0 spiro atoms. The van der Waals surface area contributed by atoms with Crippen LogP contribution in [0.15, 0.2) is 91.7 Å². The minimum atomic E-state index is 0.899. The third kappa shape index (κ3) is 4.98. The summed E-state index contributed by atoms with van der Waals surface area (Å²) < 4.78 is 2.09. The molecule has 0 bridgehead atoms. The Bertz CT molecular complexity index is 810. The van der Waals surface area contributed by atoms with Gasteiger partial charge in [0.25, 0.3) is 0 Å². The highest BCUT2D eigenvalue weighted by Gasteiger charge is 1.93. The maximum absolute atomic E-state index is 4.48. The fourth-order valence-electron chi connectivity index (χ4n) is 2.10. The quantitative estimate of drug-likeness (QED) is 0.402. The number of nitrogens with zero attached hydrogens (tertiary/aromatic N) is 2. The van der Waals surface area contributed by atoms with E-state index in [-0.39, 0.29) is 0 Å². The molecule has 0 saturated heterocycles. The van der Waals surface area contributed by atoms with E-state index in [0.717, 1.165) is 31.4 Å². The maximum atomic E-state index is 4.48. The molecule has 3 rings (SSSR count). The summed E-state index contributed by atoms with van der Waals surface area (Å²) in [7, 11) is 0. The average molecular weight is 442 g/mol. The molecule has 0 heterocycles. The number of rotatable bonds is 4. The first kappa shape index (κ1) is 16.8. The van der Waals surface area contributed by atoms with Crippen LogP contribution in [0.3, 0.4) is 0 Å².